The van der Waals surface area contributed by atoms with Crippen LogP contribution in [-0.2, 0) is 6.54 Å². The minimum atomic E-state index is -0.363. The quantitative estimate of drug-likeness (QED) is 0.642. The highest BCUT2D eigenvalue weighted by Gasteiger charge is 2.21. The van der Waals surface area contributed by atoms with Crippen molar-refractivity contribution in [2.45, 2.75) is 12.6 Å². The van der Waals surface area contributed by atoms with Crippen LogP contribution in [0.25, 0.3) is 0 Å². The van der Waals surface area contributed by atoms with Crippen molar-refractivity contribution in [3.05, 3.63) is 38.3 Å². The van der Waals surface area contributed by atoms with Crippen molar-refractivity contribution >= 4 is 21.6 Å². The van der Waals surface area contributed by atoms with Crippen molar-refractivity contribution in [2.75, 3.05) is 40.3 Å². The predicted octanol–water partition coefficient (Wildman–Crippen LogP) is 1.69. The maximum Gasteiger partial charge on any atom is 0.270 e. The standard InChI is InChI=1S/C14H21BrN4O2/c1-17-3-4-18(2)14(10-17)9-16-8-11-5-12(15)7-13(6-11)19(20)21/h5-7,14,16H,3-4,8-10H2,1-2H3. The van der Waals surface area contributed by atoms with Gasteiger partial charge in [-0.3, -0.25) is 15.0 Å². The highest BCUT2D eigenvalue weighted by molar-refractivity contribution is 9.10. The second kappa shape index (κ2) is 7.31. The summed E-state index contributed by atoms with van der Waals surface area (Å²) in [6.07, 6.45) is 0. The molecule has 0 spiro atoms. The van der Waals surface area contributed by atoms with Crippen molar-refractivity contribution < 1.29 is 4.92 Å². The minimum Gasteiger partial charge on any atom is -0.311 e. The van der Waals surface area contributed by atoms with Gasteiger partial charge in [0.15, 0.2) is 0 Å². The molecule has 0 aromatic heterocycles. The highest BCUT2D eigenvalue weighted by atomic mass is 79.9. The summed E-state index contributed by atoms with van der Waals surface area (Å²) in [5, 5.41) is 14.3. The summed E-state index contributed by atoms with van der Waals surface area (Å²) in [5.74, 6) is 0. The number of benzene rings is 1. The first-order valence-electron chi connectivity index (χ1n) is 6.99. The Labute approximate surface area is 133 Å². The summed E-state index contributed by atoms with van der Waals surface area (Å²) in [4.78, 5) is 15.2. The number of non-ortho nitro benzene ring substituents is 1. The molecule has 6 nitrogen and oxygen atoms in total. The number of hydrogen-bond acceptors (Lipinski definition) is 5. The first kappa shape index (κ1) is 16.4. The van der Waals surface area contributed by atoms with Crippen LogP contribution in [0.3, 0.4) is 0 Å². The number of piperazine rings is 1. The van der Waals surface area contributed by atoms with Crippen LogP contribution >= 0.6 is 15.9 Å². The van der Waals surface area contributed by atoms with Crippen LogP contribution < -0.4 is 5.32 Å². The smallest absolute Gasteiger partial charge is 0.270 e. The molecule has 1 heterocycles. The number of nitro groups is 1. The SMILES string of the molecule is CN1CCN(C)C(CNCc2cc(Br)cc([N+](=O)[O-])c2)C1. The van der Waals surface area contributed by atoms with E-state index >= 15 is 0 Å². The van der Waals surface area contributed by atoms with Gasteiger partial charge in [0.1, 0.15) is 0 Å². The third kappa shape index (κ3) is 4.74. The zero-order valence-corrected chi connectivity index (χ0v) is 14.0. The van der Waals surface area contributed by atoms with E-state index in [1.165, 1.54) is 6.07 Å². The van der Waals surface area contributed by atoms with E-state index in [0.717, 1.165) is 36.2 Å². The Hall–Kier alpha value is -1.02. The van der Waals surface area contributed by atoms with Crippen LogP contribution in [0.2, 0.25) is 0 Å². The molecule has 1 atom stereocenters. The van der Waals surface area contributed by atoms with E-state index in [-0.39, 0.29) is 10.6 Å². The average Bonchev–Trinajstić information content (AvgIpc) is 2.42. The molecule has 21 heavy (non-hydrogen) atoms. The molecule has 1 aliphatic heterocycles. The van der Waals surface area contributed by atoms with Crippen LogP contribution in [0.15, 0.2) is 22.7 Å². The maximum absolute atomic E-state index is 10.9. The van der Waals surface area contributed by atoms with E-state index in [1.807, 2.05) is 6.07 Å². The number of nitrogens with one attached hydrogen (secondary N) is 1. The molecule has 1 aromatic rings. The molecule has 1 aromatic carbocycles. The fourth-order valence-electron chi connectivity index (χ4n) is 2.55. The number of rotatable bonds is 5. The Bertz CT molecular complexity index is 512. The van der Waals surface area contributed by atoms with Gasteiger partial charge in [0, 0.05) is 55.4 Å². The van der Waals surface area contributed by atoms with Gasteiger partial charge in [-0.25, -0.2) is 0 Å². The molecule has 1 fully saturated rings. The van der Waals surface area contributed by atoms with E-state index in [2.05, 4.69) is 45.1 Å². The van der Waals surface area contributed by atoms with Gasteiger partial charge in [-0.1, -0.05) is 15.9 Å². The van der Waals surface area contributed by atoms with Crippen molar-refractivity contribution in [1.82, 2.24) is 15.1 Å². The van der Waals surface area contributed by atoms with Crippen LogP contribution in [0.1, 0.15) is 5.56 Å². The molecule has 0 bridgehead atoms. The average molecular weight is 357 g/mol. The largest absolute Gasteiger partial charge is 0.311 e. The molecular weight excluding hydrogens is 336 g/mol. The second-order valence-electron chi connectivity index (χ2n) is 5.60. The monoisotopic (exact) mass is 356 g/mol. The lowest BCUT2D eigenvalue weighted by Gasteiger charge is -2.37. The first-order chi connectivity index (χ1) is 9.95. The lowest BCUT2D eigenvalue weighted by Crippen LogP contribution is -2.53. The number of halogens is 1. The summed E-state index contributed by atoms with van der Waals surface area (Å²) in [7, 11) is 4.28. The van der Waals surface area contributed by atoms with Crippen LogP contribution in [0, 0.1) is 10.1 Å². The number of hydrogen-bond donors (Lipinski definition) is 1. The number of nitrogens with zero attached hydrogens (tertiary/aromatic N) is 3. The van der Waals surface area contributed by atoms with Gasteiger partial charge in [-0.05, 0) is 25.7 Å². The van der Waals surface area contributed by atoms with E-state index in [4.69, 9.17) is 0 Å². The van der Waals surface area contributed by atoms with Gasteiger partial charge in [0.2, 0.25) is 0 Å². The molecule has 1 saturated heterocycles. The minimum absolute atomic E-state index is 0.121. The van der Waals surface area contributed by atoms with E-state index in [1.54, 1.807) is 6.07 Å². The normalized spacial score (nSPS) is 20.6. The van der Waals surface area contributed by atoms with Crippen molar-refractivity contribution in [3.8, 4) is 0 Å². The Morgan fingerprint density at radius 2 is 2.14 bits per heavy atom. The topological polar surface area (TPSA) is 61.6 Å². The van der Waals surface area contributed by atoms with Gasteiger partial charge < -0.3 is 10.2 Å². The summed E-state index contributed by atoms with van der Waals surface area (Å²) >= 11 is 3.32. The van der Waals surface area contributed by atoms with E-state index < -0.39 is 0 Å². The Kier molecular flexibility index (Phi) is 5.69. The summed E-state index contributed by atoms with van der Waals surface area (Å²) < 4.78 is 0.739. The second-order valence-corrected chi connectivity index (χ2v) is 6.52. The number of likely N-dealkylation sites (N-methyl/N-ethyl adjacent to an activating group) is 2. The van der Waals surface area contributed by atoms with E-state index in [9.17, 15) is 10.1 Å². The lowest BCUT2D eigenvalue weighted by atomic mass is 10.1. The zero-order chi connectivity index (χ0) is 15.4. The third-order valence-corrected chi connectivity index (χ3v) is 4.30. The maximum atomic E-state index is 10.9. The van der Waals surface area contributed by atoms with Crippen LogP contribution in [-0.4, -0.2) is 61.0 Å². The molecule has 1 N–H and O–H groups in total. The zero-order valence-electron chi connectivity index (χ0n) is 12.4. The molecule has 0 radical (unpaired) electrons. The molecule has 0 saturated carbocycles. The van der Waals surface area contributed by atoms with Crippen LogP contribution in [0.4, 0.5) is 5.69 Å². The van der Waals surface area contributed by atoms with Gasteiger partial charge in [0.25, 0.3) is 5.69 Å². The predicted molar refractivity (Wildman–Crippen MR) is 86.4 cm³/mol. The van der Waals surface area contributed by atoms with Crippen LogP contribution in [0.5, 0.6) is 0 Å². The fraction of sp³-hybridized carbons (Fsp3) is 0.571. The number of nitro benzene ring substituents is 1. The molecule has 7 heteroatoms. The van der Waals surface area contributed by atoms with E-state index in [0.29, 0.717) is 12.6 Å². The summed E-state index contributed by atoms with van der Waals surface area (Å²) in [6.45, 7) is 4.73. The molecule has 0 aliphatic carbocycles. The van der Waals surface area contributed by atoms with Gasteiger partial charge in [-0.2, -0.15) is 0 Å². The van der Waals surface area contributed by atoms with Crippen molar-refractivity contribution in [2.24, 2.45) is 0 Å². The third-order valence-electron chi connectivity index (χ3n) is 3.84. The fourth-order valence-corrected chi connectivity index (χ4v) is 3.07. The molecule has 0 amide bonds. The molecule has 116 valence electrons. The lowest BCUT2D eigenvalue weighted by molar-refractivity contribution is -0.385. The Balaban J connectivity index is 1.89. The summed E-state index contributed by atoms with van der Waals surface area (Å²) in [6, 6.07) is 5.53. The molecular formula is C14H21BrN4O2. The summed E-state index contributed by atoms with van der Waals surface area (Å²) in [5.41, 5.74) is 1.04. The van der Waals surface area contributed by atoms with Gasteiger partial charge in [0.05, 0.1) is 4.92 Å². The Morgan fingerprint density at radius 3 is 2.86 bits per heavy atom. The van der Waals surface area contributed by atoms with Crippen molar-refractivity contribution in [3.63, 3.8) is 0 Å². The first-order valence-corrected chi connectivity index (χ1v) is 7.78. The van der Waals surface area contributed by atoms with Gasteiger partial charge >= 0.3 is 0 Å². The Morgan fingerprint density at radius 1 is 1.38 bits per heavy atom. The van der Waals surface area contributed by atoms with Crippen molar-refractivity contribution in [1.29, 1.82) is 0 Å². The molecule has 1 aliphatic rings. The molecule has 1 unspecified atom stereocenters. The van der Waals surface area contributed by atoms with Gasteiger partial charge in [-0.15, -0.1) is 0 Å². The highest BCUT2D eigenvalue weighted by Crippen LogP contribution is 2.21. The molecule has 2 rings (SSSR count).